The molecule has 0 radical (unpaired) electrons. The van der Waals surface area contributed by atoms with E-state index in [4.69, 9.17) is 10.2 Å². The molecule has 0 aliphatic rings. The van der Waals surface area contributed by atoms with Crippen molar-refractivity contribution in [3.05, 3.63) is 23.5 Å². The molecule has 14 heavy (non-hydrogen) atoms. The summed E-state index contributed by atoms with van der Waals surface area (Å²) in [7, 11) is 1.63. The maximum absolute atomic E-state index is 10.8. The Morgan fingerprint density at radius 2 is 2.00 bits per heavy atom. The van der Waals surface area contributed by atoms with Crippen LogP contribution in [0.1, 0.15) is 28.9 Å². The fourth-order valence-corrected chi connectivity index (χ4v) is 1.38. The number of carbonyl (C=O) groups is 2. The molecule has 0 saturated carbocycles. The average molecular weight is 197 g/mol. The molecular formula is C9H11NO4. The third-order valence-electron chi connectivity index (χ3n) is 2.13. The second-order valence-corrected chi connectivity index (χ2v) is 3.09. The van der Waals surface area contributed by atoms with Crippen molar-refractivity contribution in [1.29, 1.82) is 0 Å². The van der Waals surface area contributed by atoms with Crippen molar-refractivity contribution in [3.8, 4) is 0 Å². The van der Waals surface area contributed by atoms with Crippen LogP contribution in [0, 0.1) is 0 Å². The maximum Gasteiger partial charge on any atom is 0.337 e. The number of aryl methyl sites for hydroxylation is 1. The van der Waals surface area contributed by atoms with E-state index in [9.17, 15) is 9.59 Å². The van der Waals surface area contributed by atoms with E-state index < -0.39 is 17.9 Å². The van der Waals surface area contributed by atoms with E-state index in [0.29, 0.717) is 5.69 Å². The molecule has 0 spiro atoms. The smallest absolute Gasteiger partial charge is 0.337 e. The van der Waals surface area contributed by atoms with Gasteiger partial charge in [0.15, 0.2) is 0 Å². The fourth-order valence-electron chi connectivity index (χ4n) is 1.38. The van der Waals surface area contributed by atoms with Gasteiger partial charge in [0.05, 0.1) is 11.5 Å². The van der Waals surface area contributed by atoms with Crippen LogP contribution in [-0.4, -0.2) is 26.7 Å². The highest BCUT2D eigenvalue weighted by molar-refractivity contribution is 5.91. The molecule has 0 amide bonds. The lowest BCUT2D eigenvalue weighted by Gasteiger charge is -2.09. The van der Waals surface area contributed by atoms with Gasteiger partial charge >= 0.3 is 11.9 Å². The van der Waals surface area contributed by atoms with Crippen LogP contribution >= 0.6 is 0 Å². The van der Waals surface area contributed by atoms with Crippen LogP contribution in [0.15, 0.2) is 12.3 Å². The minimum atomic E-state index is -1.10. The first-order chi connectivity index (χ1) is 6.45. The number of hydrogen-bond donors (Lipinski definition) is 2. The molecule has 1 rings (SSSR count). The number of aliphatic carboxylic acids is 1. The Balaban J connectivity index is 3.24. The monoisotopic (exact) mass is 197 g/mol. The van der Waals surface area contributed by atoms with Crippen molar-refractivity contribution >= 4 is 11.9 Å². The Labute approximate surface area is 80.6 Å². The van der Waals surface area contributed by atoms with Crippen LogP contribution in [0.4, 0.5) is 0 Å². The Morgan fingerprint density at radius 1 is 1.43 bits per heavy atom. The zero-order valence-electron chi connectivity index (χ0n) is 7.89. The van der Waals surface area contributed by atoms with Gasteiger partial charge in [-0.2, -0.15) is 0 Å². The summed E-state index contributed by atoms with van der Waals surface area (Å²) in [5, 5.41) is 17.6. The number of rotatable bonds is 3. The molecule has 0 aliphatic heterocycles. The van der Waals surface area contributed by atoms with Gasteiger partial charge in [-0.05, 0) is 13.0 Å². The van der Waals surface area contributed by atoms with Gasteiger partial charge in [0.25, 0.3) is 0 Å². The predicted octanol–water partition coefficient (Wildman–Crippen LogP) is 0.911. The van der Waals surface area contributed by atoms with Crippen LogP contribution < -0.4 is 0 Å². The lowest BCUT2D eigenvalue weighted by atomic mass is 10.0. The third kappa shape index (κ3) is 1.61. The lowest BCUT2D eigenvalue weighted by Crippen LogP contribution is -2.14. The summed E-state index contributed by atoms with van der Waals surface area (Å²) < 4.78 is 1.52. The quantitative estimate of drug-likeness (QED) is 0.754. The molecule has 5 nitrogen and oxygen atoms in total. The van der Waals surface area contributed by atoms with Gasteiger partial charge in [-0.3, -0.25) is 4.79 Å². The molecule has 1 aromatic rings. The molecule has 1 atom stereocenters. The highest BCUT2D eigenvalue weighted by Crippen LogP contribution is 2.20. The number of aromatic carboxylic acids is 1. The molecule has 2 N–H and O–H groups in total. The third-order valence-corrected chi connectivity index (χ3v) is 2.13. The standard InChI is InChI=1S/C9H11NO4/c1-5(8(11)12)7-6(9(13)14)3-4-10(7)2/h3-5H,1-2H3,(H,11,12)(H,13,14). The number of carboxylic acids is 2. The van der Waals surface area contributed by atoms with E-state index in [2.05, 4.69) is 0 Å². The van der Waals surface area contributed by atoms with Crippen molar-refractivity contribution in [2.24, 2.45) is 7.05 Å². The normalized spacial score (nSPS) is 12.4. The summed E-state index contributed by atoms with van der Waals surface area (Å²) in [5.74, 6) is -2.95. The van der Waals surface area contributed by atoms with E-state index >= 15 is 0 Å². The molecule has 0 fully saturated rings. The van der Waals surface area contributed by atoms with Crippen molar-refractivity contribution in [2.45, 2.75) is 12.8 Å². The zero-order chi connectivity index (χ0) is 10.9. The molecule has 1 aromatic heterocycles. The second-order valence-electron chi connectivity index (χ2n) is 3.09. The number of hydrogen-bond acceptors (Lipinski definition) is 2. The molecular weight excluding hydrogens is 186 g/mol. The Bertz CT molecular complexity index is 380. The van der Waals surface area contributed by atoms with Gasteiger partial charge in [0.1, 0.15) is 0 Å². The van der Waals surface area contributed by atoms with Gasteiger partial charge < -0.3 is 14.8 Å². The van der Waals surface area contributed by atoms with Crippen LogP contribution in [0.5, 0.6) is 0 Å². The highest BCUT2D eigenvalue weighted by atomic mass is 16.4. The van der Waals surface area contributed by atoms with Crippen molar-refractivity contribution in [2.75, 3.05) is 0 Å². The summed E-state index contributed by atoms with van der Waals surface area (Å²) in [6.07, 6.45) is 1.54. The van der Waals surface area contributed by atoms with Gasteiger partial charge in [-0.15, -0.1) is 0 Å². The van der Waals surface area contributed by atoms with Gasteiger partial charge in [-0.1, -0.05) is 0 Å². The van der Waals surface area contributed by atoms with E-state index in [0.717, 1.165) is 0 Å². The van der Waals surface area contributed by atoms with Crippen molar-refractivity contribution in [3.63, 3.8) is 0 Å². The van der Waals surface area contributed by atoms with E-state index in [1.54, 1.807) is 7.05 Å². The molecule has 1 heterocycles. The van der Waals surface area contributed by atoms with Gasteiger partial charge in [-0.25, -0.2) is 4.79 Å². The Morgan fingerprint density at radius 3 is 2.43 bits per heavy atom. The molecule has 5 heteroatoms. The predicted molar refractivity (Wildman–Crippen MR) is 48.4 cm³/mol. The average Bonchev–Trinajstić information content (AvgIpc) is 2.45. The molecule has 0 aromatic carbocycles. The topological polar surface area (TPSA) is 79.5 Å². The van der Waals surface area contributed by atoms with Crippen LogP contribution in [-0.2, 0) is 11.8 Å². The Kier molecular flexibility index (Phi) is 2.60. The molecule has 0 aliphatic carbocycles. The lowest BCUT2D eigenvalue weighted by molar-refractivity contribution is -0.138. The number of nitrogens with zero attached hydrogens (tertiary/aromatic N) is 1. The molecule has 0 bridgehead atoms. The second kappa shape index (κ2) is 3.53. The summed E-state index contributed by atoms with van der Waals surface area (Å²) in [6.45, 7) is 1.46. The van der Waals surface area contributed by atoms with Gasteiger partial charge in [0, 0.05) is 18.9 Å². The van der Waals surface area contributed by atoms with Crippen molar-refractivity contribution < 1.29 is 19.8 Å². The molecule has 0 saturated heterocycles. The SMILES string of the molecule is CC(C(=O)O)c1c(C(=O)O)ccn1C. The van der Waals surface area contributed by atoms with Crippen LogP contribution in [0.25, 0.3) is 0 Å². The highest BCUT2D eigenvalue weighted by Gasteiger charge is 2.23. The summed E-state index contributed by atoms with van der Waals surface area (Å²) in [5.41, 5.74) is 0.354. The molecule has 1 unspecified atom stereocenters. The summed E-state index contributed by atoms with van der Waals surface area (Å²) in [6, 6.07) is 1.40. The number of carboxylic acid groups (broad SMARTS) is 2. The van der Waals surface area contributed by atoms with E-state index in [1.807, 2.05) is 0 Å². The van der Waals surface area contributed by atoms with Crippen LogP contribution in [0.2, 0.25) is 0 Å². The zero-order valence-corrected chi connectivity index (χ0v) is 7.89. The minimum absolute atomic E-state index is 0.0439. The number of aromatic nitrogens is 1. The fraction of sp³-hybridized carbons (Fsp3) is 0.333. The first kappa shape index (κ1) is 10.3. The first-order valence-corrected chi connectivity index (χ1v) is 4.06. The maximum atomic E-state index is 10.8. The van der Waals surface area contributed by atoms with Crippen molar-refractivity contribution in [1.82, 2.24) is 4.57 Å². The van der Waals surface area contributed by atoms with E-state index in [-0.39, 0.29) is 5.56 Å². The first-order valence-electron chi connectivity index (χ1n) is 4.06. The summed E-state index contributed by atoms with van der Waals surface area (Å²) in [4.78, 5) is 21.5. The largest absolute Gasteiger partial charge is 0.481 e. The van der Waals surface area contributed by atoms with Gasteiger partial charge in [0.2, 0.25) is 0 Å². The minimum Gasteiger partial charge on any atom is -0.481 e. The molecule has 76 valence electrons. The van der Waals surface area contributed by atoms with E-state index in [1.165, 1.54) is 23.8 Å². The summed E-state index contributed by atoms with van der Waals surface area (Å²) >= 11 is 0. The van der Waals surface area contributed by atoms with Crippen LogP contribution in [0.3, 0.4) is 0 Å². The Hall–Kier alpha value is -1.78.